The number of amides is 1. The average molecular weight is 276 g/mol. The number of hydrogen-bond donors (Lipinski definition) is 2. The van der Waals surface area contributed by atoms with Crippen LogP contribution in [0.4, 0.5) is 0 Å². The zero-order valence-corrected chi connectivity index (χ0v) is 11.2. The van der Waals surface area contributed by atoms with Crippen molar-refractivity contribution in [1.29, 1.82) is 0 Å². The number of carbonyl (C=O) groups is 2. The maximum absolute atomic E-state index is 12.0. The van der Waals surface area contributed by atoms with E-state index in [4.69, 9.17) is 5.11 Å². The molecule has 0 fully saturated rings. The predicted octanol–water partition coefficient (Wildman–Crippen LogP) is 1.02. The van der Waals surface area contributed by atoms with Gasteiger partial charge in [0.25, 0.3) is 5.91 Å². The minimum atomic E-state index is -0.821. The summed E-state index contributed by atoms with van der Waals surface area (Å²) in [5.74, 6) is -1.06. The minimum absolute atomic E-state index is 0.118. The highest BCUT2D eigenvalue weighted by Gasteiger charge is 2.13. The Bertz CT molecular complexity index is 636. The van der Waals surface area contributed by atoms with E-state index in [1.54, 1.807) is 10.7 Å². The summed E-state index contributed by atoms with van der Waals surface area (Å²) >= 11 is 0. The second kappa shape index (κ2) is 6.14. The molecule has 0 atom stereocenters. The van der Waals surface area contributed by atoms with Gasteiger partial charge in [-0.25, -0.2) is 9.50 Å². The lowest BCUT2D eigenvalue weighted by Gasteiger charge is -2.03. The summed E-state index contributed by atoms with van der Waals surface area (Å²) in [5, 5.41) is 15.3. The molecule has 2 aromatic heterocycles. The number of aryl methyl sites for hydroxylation is 1. The summed E-state index contributed by atoms with van der Waals surface area (Å²) in [5.41, 5.74) is 1.76. The Labute approximate surface area is 115 Å². The molecule has 7 heteroatoms. The molecule has 2 heterocycles. The van der Waals surface area contributed by atoms with Crippen LogP contribution in [0, 0.1) is 6.92 Å². The number of aliphatic carboxylic acids is 1. The lowest BCUT2D eigenvalue weighted by atomic mass is 10.2. The maximum atomic E-state index is 12.0. The normalized spacial score (nSPS) is 10.7. The van der Waals surface area contributed by atoms with Gasteiger partial charge in [-0.15, -0.1) is 0 Å². The molecule has 0 saturated carbocycles. The fourth-order valence-electron chi connectivity index (χ4n) is 1.82. The van der Waals surface area contributed by atoms with E-state index in [1.165, 1.54) is 6.20 Å². The molecule has 0 aliphatic rings. The highest BCUT2D eigenvalue weighted by molar-refractivity contribution is 5.99. The van der Waals surface area contributed by atoms with Gasteiger partial charge in [-0.2, -0.15) is 5.10 Å². The summed E-state index contributed by atoms with van der Waals surface area (Å²) in [6.45, 7) is 2.29. The van der Waals surface area contributed by atoms with E-state index < -0.39 is 5.97 Å². The minimum Gasteiger partial charge on any atom is -0.481 e. The molecule has 0 unspecified atom stereocenters. The zero-order valence-electron chi connectivity index (χ0n) is 11.2. The highest BCUT2D eigenvalue weighted by Crippen LogP contribution is 2.08. The Balaban J connectivity index is 1.94. The number of carbonyl (C=O) groups excluding carboxylic acids is 1. The third-order valence-corrected chi connectivity index (χ3v) is 2.86. The molecule has 2 aromatic rings. The molecular weight excluding hydrogens is 260 g/mol. The largest absolute Gasteiger partial charge is 0.481 e. The first-order valence-electron chi connectivity index (χ1n) is 6.39. The molecule has 0 saturated heterocycles. The quantitative estimate of drug-likeness (QED) is 0.768. The summed E-state index contributed by atoms with van der Waals surface area (Å²) in [6.07, 6.45) is 4.52. The molecule has 0 aliphatic carbocycles. The summed E-state index contributed by atoms with van der Waals surface area (Å²) in [7, 11) is 0. The van der Waals surface area contributed by atoms with Crippen LogP contribution in [0.25, 0.3) is 5.65 Å². The molecule has 7 nitrogen and oxygen atoms in total. The van der Waals surface area contributed by atoms with Crippen LogP contribution < -0.4 is 5.32 Å². The Morgan fingerprint density at radius 1 is 1.40 bits per heavy atom. The standard InChI is InChI=1S/C13H16N4O3/c1-9-5-7-17-12(16-9)10(8-15-17)13(20)14-6-3-2-4-11(18)19/h5,7-8H,2-4,6H2,1H3,(H,14,20)(H,18,19). The first-order chi connectivity index (χ1) is 9.58. The topological polar surface area (TPSA) is 96.6 Å². The van der Waals surface area contributed by atoms with E-state index in [-0.39, 0.29) is 12.3 Å². The van der Waals surface area contributed by atoms with Crippen molar-refractivity contribution in [3.05, 3.63) is 29.7 Å². The van der Waals surface area contributed by atoms with Gasteiger partial charge >= 0.3 is 5.97 Å². The van der Waals surface area contributed by atoms with E-state index >= 15 is 0 Å². The highest BCUT2D eigenvalue weighted by atomic mass is 16.4. The first-order valence-corrected chi connectivity index (χ1v) is 6.39. The van der Waals surface area contributed by atoms with Gasteiger partial charge in [0, 0.05) is 24.9 Å². The van der Waals surface area contributed by atoms with Crippen molar-refractivity contribution in [2.24, 2.45) is 0 Å². The van der Waals surface area contributed by atoms with Crippen molar-refractivity contribution in [2.75, 3.05) is 6.54 Å². The fourth-order valence-corrected chi connectivity index (χ4v) is 1.82. The molecule has 106 valence electrons. The molecular formula is C13H16N4O3. The van der Waals surface area contributed by atoms with Crippen molar-refractivity contribution in [3.8, 4) is 0 Å². The van der Waals surface area contributed by atoms with Crippen LogP contribution in [0.5, 0.6) is 0 Å². The number of fused-ring (bicyclic) bond motifs is 1. The Kier molecular flexibility index (Phi) is 4.29. The molecule has 2 rings (SSSR count). The number of rotatable bonds is 6. The second-order valence-corrected chi connectivity index (χ2v) is 4.50. The molecule has 0 radical (unpaired) electrons. The van der Waals surface area contributed by atoms with Crippen molar-refractivity contribution in [1.82, 2.24) is 19.9 Å². The van der Waals surface area contributed by atoms with E-state index in [0.29, 0.717) is 30.6 Å². The molecule has 20 heavy (non-hydrogen) atoms. The van der Waals surface area contributed by atoms with E-state index in [1.807, 2.05) is 13.0 Å². The number of aromatic nitrogens is 3. The van der Waals surface area contributed by atoms with Crippen LogP contribution in [-0.4, -0.2) is 38.1 Å². The number of hydrogen-bond acceptors (Lipinski definition) is 4. The second-order valence-electron chi connectivity index (χ2n) is 4.50. The summed E-state index contributed by atoms with van der Waals surface area (Å²) in [6, 6.07) is 1.81. The van der Waals surface area contributed by atoms with Crippen LogP contribution in [0.15, 0.2) is 18.5 Å². The van der Waals surface area contributed by atoms with Crippen molar-refractivity contribution in [2.45, 2.75) is 26.2 Å². The van der Waals surface area contributed by atoms with Crippen LogP contribution in [0.3, 0.4) is 0 Å². The van der Waals surface area contributed by atoms with Crippen molar-refractivity contribution < 1.29 is 14.7 Å². The summed E-state index contributed by atoms with van der Waals surface area (Å²) < 4.78 is 1.55. The lowest BCUT2D eigenvalue weighted by molar-refractivity contribution is -0.137. The van der Waals surface area contributed by atoms with Crippen LogP contribution in [0.2, 0.25) is 0 Å². The van der Waals surface area contributed by atoms with Crippen molar-refractivity contribution in [3.63, 3.8) is 0 Å². The van der Waals surface area contributed by atoms with Gasteiger partial charge in [0.2, 0.25) is 0 Å². The van der Waals surface area contributed by atoms with Gasteiger partial charge in [0.05, 0.1) is 6.20 Å². The predicted molar refractivity (Wildman–Crippen MR) is 71.5 cm³/mol. The van der Waals surface area contributed by atoms with E-state index in [0.717, 1.165) is 5.69 Å². The molecule has 0 aromatic carbocycles. The number of carboxylic acids is 1. The third-order valence-electron chi connectivity index (χ3n) is 2.86. The Hall–Kier alpha value is -2.44. The molecule has 0 spiro atoms. The lowest BCUT2D eigenvalue weighted by Crippen LogP contribution is -2.24. The molecule has 0 aliphatic heterocycles. The number of carboxylic acid groups (broad SMARTS) is 1. The maximum Gasteiger partial charge on any atom is 0.303 e. The SMILES string of the molecule is Cc1ccn2ncc(C(=O)NCCCCC(=O)O)c2n1. The van der Waals surface area contributed by atoms with E-state index in [2.05, 4.69) is 15.4 Å². The average Bonchev–Trinajstić information content (AvgIpc) is 2.80. The van der Waals surface area contributed by atoms with Gasteiger partial charge in [0.1, 0.15) is 5.56 Å². The smallest absolute Gasteiger partial charge is 0.303 e. The number of unbranched alkanes of at least 4 members (excludes halogenated alkanes) is 1. The van der Waals surface area contributed by atoms with Gasteiger partial charge < -0.3 is 10.4 Å². The first kappa shape index (κ1) is 14.0. The van der Waals surface area contributed by atoms with Crippen LogP contribution in [0.1, 0.15) is 35.3 Å². The zero-order chi connectivity index (χ0) is 14.5. The molecule has 1 amide bonds. The number of nitrogens with one attached hydrogen (secondary N) is 1. The van der Waals surface area contributed by atoms with Gasteiger partial charge in [-0.3, -0.25) is 9.59 Å². The van der Waals surface area contributed by atoms with Crippen molar-refractivity contribution >= 4 is 17.5 Å². The summed E-state index contributed by atoms with van der Waals surface area (Å²) in [4.78, 5) is 26.6. The Morgan fingerprint density at radius 2 is 2.20 bits per heavy atom. The van der Waals surface area contributed by atoms with Gasteiger partial charge in [0.15, 0.2) is 5.65 Å². The molecule has 0 bridgehead atoms. The van der Waals surface area contributed by atoms with Gasteiger partial charge in [-0.1, -0.05) is 0 Å². The van der Waals surface area contributed by atoms with Crippen LogP contribution >= 0.6 is 0 Å². The monoisotopic (exact) mass is 276 g/mol. The molecule has 2 N–H and O–H groups in total. The van der Waals surface area contributed by atoms with Crippen LogP contribution in [-0.2, 0) is 4.79 Å². The van der Waals surface area contributed by atoms with Gasteiger partial charge in [-0.05, 0) is 25.8 Å². The Morgan fingerprint density at radius 3 is 2.95 bits per heavy atom. The van der Waals surface area contributed by atoms with E-state index in [9.17, 15) is 9.59 Å². The third kappa shape index (κ3) is 3.31. The number of nitrogens with zero attached hydrogens (tertiary/aromatic N) is 3. The fraction of sp³-hybridized carbons (Fsp3) is 0.385.